The standard InChI is InChI=1S/C18H19N3O5S/c1-4-20-17(23)16-14(5-6-27-16)21(18(20)24)10-15(22)19-11-7-12(25-2)9-13(8-11)26-3/h5-9H,4,10H2,1-3H3,(H,19,22). The van der Waals surface area contributed by atoms with Gasteiger partial charge in [0.15, 0.2) is 0 Å². The number of hydrogen-bond acceptors (Lipinski definition) is 6. The summed E-state index contributed by atoms with van der Waals surface area (Å²) in [4.78, 5) is 37.5. The van der Waals surface area contributed by atoms with Crippen LogP contribution in [0.5, 0.6) is 11.5 Å². The van der Waals surface area contributed by atoms with Gasteiger partial charge in [-0.2, -0.15) is 0 Å². The van der Waals surface area contributed by atoms with E-state index in [1.807, 2.05) is 0 Å². The number of ether oxygens (including phenoxy) is 2. The number of anilines is 1. The monoisotopic (exact) mass is 389 g/mol. The van der Waals surface area contributed by atoms with Gasteiger partial charge < -0.3 is 14.8 Å². The average Bonchev–Trinajstić information content (AvgIpc) is 3.15. The number of rotatable bonds is 6. The second kappa shape index (κ2) is 7.67. The number of fused-ring (bicyclic) bond motifs is 1. The van der Waals surface area contributed by atoms with Crippen LogP contribution >= 0.6 is 11.3 Å². The number of benzene rings is 1. The Bertz CT molecular complexity index is 1090. The lowest BCUT2D eigenvalue weighted by molar-refractivity contribution is -0.116. The maximum atomic E-state index is 12.6. The first-order valence-corrected chi connectivity index (χ1v) is 9.10. The van der Waals surface area contributed by atoms with E-state index in [2.05, 4.69) is 5.32 Å². The van der Waals surface area contributed by atoms with Gasteiger partial charge in [0, 0.05) is 30.4 Å². The highest BCUT2D eigenvalue weighted by Gasteiger charge is 2.16. The van der Waals surface area contributed by atoms with E-state index < -0.39 is 11.6 Å². The van der Waals surface area contributed by atoms with Crippen LogP contribution in [0.2, 0.25) is 0 Å². The fourth-order valence-corrected chi connectivity index (χ4v) is 3.63. The second-order valence-corrected chi connectivity index (χ2v) is 6.62. The third-order valence-corrected chi connectivity index (χ3v) is 4.98. The number of methoxy groups -OCH3 is 2. The molecule has 0 fully saturated rings. The van der Waals surface area contributed by atoms with Crippen LogP contribution in [0.1, 0.15) is 6.92 Å². The first-order valence-electron chi connectivity index (χ1n) is 8.22. The van der Waals surface area contributed by atoms with Gasteiger partial charge in [-0.05, 0) is 18.4 Å². The predicted octanol–water partition coefficient (Wildman–Crippen LogP) is 1.90. The molecule has 1 N–H and O–H groups in total. The summed E-state index contributed by atoms with van der Waals surface area (Å²) >= 11 is 1.25. The molecule has 0 unspecified atom stereocenters. The number of aromatic nitrogens is 2. The summed E-state index contributed by atoms with van der Waals surface area (Å²) in [5.74, 6) is 0.657. The molecule has 0 spiro atoms. The Hall–Kier alpha value is -3.07. The summed E-state index contributed by atoms with van der Waals surface area (Å²) in [5.41, 5.74) is 0.0983. The van der Waals surface area contributed by atoms with Crippen molar-refractivity contribution in [2.24, 2.45) is 0 Å². The molecule has 3 aromatic rings. The molecule has 0 saturated carbocycles. The smallest absolute Gasteiger partial charge is 0.331 e. The molecule has 0 radical (unpaired) electrons. The SMILES string of the molecule is CCn1c(=O)c2sccc2n(CC(=O)Nc2cc(OC)cc(OC)c2)c1=O. The Morgan fingerprint density at radius 1 is 1.11 bits per heavy atom. The van der Waals surface area contributed by atoms with Crippen LogP contribution in [0.4, 0.5) is 5.69 Å². The van der Waals surface area contributed by atoms with Gasteiger partial charge in [0.2, 0.25) is 5.91 Å². The Kier molecular flexibility index (Phi) is 5.31. The lowest BCUT2D eigenvalue weighted by atomic mass is 10.2. The number of hydrogen-bond donors (Lipinski definition) is 1. The van der Waals surface area contributed by atoms with E-state index in [0.717, 1.165) is 4.57 Å². The molecule has 2 heterocycles. The van der Waals surface area contributed by atoms with Crippen LogP contribution in [0.3, 0.4) is 0 Å². The summed E-state index contributed by atoms with van der Waals surface area (Å²) in [6.07, 6.45) is 0. The van der Waals surface area contributed by atoms with Crippen LogP contribution in [0, 0.1) is 0 Å². The van der Waals surface area contributed by atoms with Crippen molar-refractivity contribution in [1.82, 2.24) is 9.13 Å². The molecule has 142 valence electrons. The van der Waals surface area contributed by atoms with E-state index in [-0.39, 0.29) is 18.6 Å². The molecule has 0 aliphatic rings. The van der Waals surface area contributed by atoms with Gasteiger partial charge >= 0.3 is 5.69 Å². The van der Waals surface area contributed by atoms with Crippen molar-refractivity contribution in [2.75, 3.05) is 19.5 Å². The number of nitrogens with zero attached hydrogens (tertiary/aromatic N) is 2. The first kappa shape index (κ1) is 18.7. The minimum absolute atomic E-state index is 0.216. The van der Waals surface area contributed by atoms with Crippen molar-refractivity contribution < 1.29 is 14.3 Å². The largest absolute Gasteiger partial charge is 0.497 e. The van der Waals surface area contributed by atoms with Gasteiger partial charge in [-0.15, -0.1) is 11.3 Å². The van der Waals surface area contributed by atoms with Gasteiger partial charge in [0.05, 0.1) is 19.7 Å². The van der Waals surface area contributed by atoms with Gasteiger partial charge in [-0.1, -0.05) is 0 Å². The average molecular weight is 389 g/mol. The third kappa shape index (κ3) is 3.59. The third-order valence-electron chi connectivity index (χ3n) is 4.09. The normalized spacial score (nSPS) is 10.8. The van der Waals surface area contributed by atoms with Crippen LogP contribution in [-0.2, 0) is 17.9 Å². The molecule has 0 saturated heterocycles. The minimum atomic E-state index is -0.508. The fraction of sp³-hybridized carbons (Fsp3) is 0.278. The van der Waals surface area contributed by atoms with Gasteiger partial charge in [0.1, 0.15) is 22.7 Å². The zero-order valence-corrected chi connectivity index (χ0v) is 16.0. The summed E-state index contributed by atoms with van der Waals surface area (Å²) in [6.45, 7) is 1.74. The summed E-state index contributed by atoms with van der Waals surface area (Å²) in [7, 11) is 3.03. The summed E-state index contributed by atoms with van der Waals surface area (Å²) in [6, 6.07) is 6.66. The molecule has 0 aliphatic heterocycles. The maximum Gasteiger partial charge on any atom is 0.331 e. The zero-order valence-electron chi connectivity index (χ0n) is 15.1. The highest BCUT2D eigenvalue weighted by atomic mass is 32.1. The van der Waals surface area contributed by atoms with Crippen molar-refractivity contribution in [3.8, 4) is 11.5 Å². The molecule has 0 aliphatic carbocycles. The van der Waals surface area contributed by atoms with E-state index >= 15 is 0 Å². The number of amides is 1. The van der Waals surface area contributed by atoms with Gasteiger partial charge in [-0.3, -0.25) is 18.7 Å². The van der Waals surface area contributed by atoms with Crippen molar-refractivity contribution in [1.29, 1.82) is 0 Å². The van der Waals surface area contributed by atoms with Crippen molar-refractivity contribution >= 4 is 33.1 Å². The van der Waals surface area contributed by atoms with Crippen molar-refractivity contribution in [2.45, 2.75) is 20.0 Å². The van der Waals surface area contributed by atoms with Crippen LogP contribution < -0.4 is 26.0 Å². The second-order valence-electron chi connectivity index (χ2n) is 5.70. The number of carbonyl (C=O) groups is 1. The molecule has 1 amide bonds. The molecule has 0 atom stereocenters. The quantitative estimate of drug-likeness (QED) is 0.695. The van der Waals surface area contributed by atoms with E-state index in [1.165, 1.54) is 30.1 Å². The van der Waals surface area contributed by atoms with E-state index in [0.29, 0.717) is 27.4 Å². The van der Waals surface area contributed by atoms with Crippen LogP contribution in [-0.4, -0.2) is 29.3 Å². The summed E-state index contributed by atoms with van der Waals surface area (Å²) < 4.78 is 13.3. The maximum absolute atomic E-state index is 12.6. The van der Waals surface area contributed by atoms with Crippen molar-refractivity contribution in [3.05, 3.63) is 50.5 Å². The fourth-order valence-electron chi connectivity index (χ4n) is 2.79. The lowest BCUT2D eigenvalue weighted by Crippen LogP contribution is -2.40. The Labute approximate surface area is 158 Å². The molecule has 27 heavy (non-hydrogen) atoms. The van der Waals surface area contributed by atoms with Crippen LogP contribution in [0.25, 0.3) is 10.2 Å². The molecule has 1 aromatic carbocycles. The Balaban J connectivity index is 1.95. The molecule has 3 rings (SSSR count). The Morgan fingerprint density at radius 2 is 1.78 bits per heavy atom. The lowest BCUT2D eigenvalue weighted by Gasteiger charge is -2.12. The molecule has 0 bridgehead atoms. The molecular weight excluding hydrogens is 370 g/mol. The summed E-state index contributed by atoms with van der Waals surface area (Å²) in [5, 5.41) is 4.46. The van der Waals surface area contributed by atoms with Gasteiger partial charge in [0.25, 0.3) is 5.56 Å². The van der Waals surface area contributed by atoms with E-state index in [1.54, 1.807) is 36.6 Å². The molecule has 8 nitrogen and oxygen atoms in total. The number of carbonyl (C=O) groups excluding carboxylic acids is 1. The molecular formula is C18H19N3O5S. The molecule has 2 aromatic heterocycles. The first-order chi connectivity index (χ1) is 13.0. The topological polar surface area (TPSA) is 91.6 Å². The van der Waals surface area contributed by atoms with E-state index in [9.17, 15) is 14.4 Å². The van der Waals surface area contributed by atoms with Crippen molar-refractivity contribution in [3.63, 3.8) is 0 Å². The number of thiophene rings is 1. The predicted molar refractivity (Wildman–Crippen MR) is 104 cm³/mol. The van der Waals surface area contributed by atoms with Gasteiger partial charge in [-0.25, -0.2) is 4.79 Å². The number of nitrogens with one attached hydrogen (secondary N) is 1. The van der Waals surface area contributed by atoms with Crippen LogP contribution in [0.15, 0.2) is 39.2 Å². The minimum Gasteiger partial charge on any atom is -0.497 e. The zero-order chi connectivity index (χ0) is 19.6. The molecule has 9 heteroatoms. The Morgan fingerprint density at radius 3 is 2.37 bits per heavy atom. The highest BCUT2D eigenvalue weighted by molar-refractivity contribution is 7.17. The van der Waals surface area contributed by atoms with E-state index in [4.69, 9.17) is 9.47 Å². The highest BCUT2D eigenvalue weighted by Crippen LogP contribution is 2.25.